The maximum atomic E-state index is 12.4. The Kier molecular flexibility index (Phi) is 32.9. The molecule has 0 aliphatic carbocycles. The van der Waals surface area contributed by atoms with Crippen molar-refractivity contribution in [3.05, 3.63) is 12.3 Å². The molecule has 0 aromatic rings. The number of carbonyl (C=O) groups excluding carboxylic acids is 1. The lowest BCUT2D eigenvalue weighted by molar-refractivity contribution is -0.143. The second-order valence-electron chi connectivity index (χ2n) is 15.9. The second-order valence-corrected chi connectivity index (χ2v) is 15.9. The Morgan fingerprint density at radius 1 is 0.620 bits per heavy atom. The van der Waals surface area contributed by atoms with Crippen LogP contribution >= 0.6 is 0 Å². The van der Waals surface area contributed by atoms with Crippen LogP contribution in [0.5, 0.6) is 0 Å². The van der Waals surface area contributed by atoms with E-state index in [1.165, 1.54) is 161 Å². The minimum Gasteiger partial charge on any atom is -0.495 e. The molecule has 1 aliphatic heterocycles. The van der Waals surface area contributed by atoms with Crippen molar-refractivity contribution in [3.8, 4) is 0 Å². The average Bonchev–Trinajstić information content (AvgIpc) is 3.49. The lowest BCUT2D eigenvalue weighted by Gasteiger charge is -2.21. The molecule has 1 fully saturated rings. The fourth-order valence-electron chi connectivity index (χ4n) is 7.96. The van der Waals surface area contributed by atoms with E-state index in [2.05, 4.69) is 32.3 Å². The van der Waals surface area contributed by atoms with Gasteiger partial charge in [0, 0.05) is 32.5 Å². The molecule has 1 aliphatic rings. The number of allylic oxidation sites excluding steroid dienone is 1. The highest BCUT2D eigenvalue weighted by Crippen LogP contribution is 2.32. The highest BCUT2D eigenvalue weighted by Gasteiger charge is 2.31. The van der Waals surface area contributed by atoms with E-state index in [0.717, 1.165) is 57.5 Å². The Hall–Kier alpha value is -1.07. The molecule has 1 rings (SSSR count). The maximum Gasteiger partial charge on any atom is 0.305 e. The smallest absolute Gasteiger partial charge is 0.305 e. The molecule has 0 saturated carbocycles. The minimum atomic E-state index is -0.0186. The number of hydrogen-bond donors (Lipinski definition) is 1. The van der Waals surface area contributed by atoms with Crippen molar-refractivity contribution >= 4 is 5.97 Å². The third kappa shape index (κ3) is 27.6. The number of aliphatic hydroxyl groups excluding tert-OH is 1. The van der Waals surface area contributed by atoms with Gasteiger partial charge >= 0.3 is 5.97 Å². The van der Waals surface area contributed by atoms with Crippen molar-refractivity contribution in [1.82, 2.24) is 4.90 Å². The van der Waals surface area contributed by atoms with Gasteiger partial charge in [0.05, 0.1) is 25.1 Å². The molecule has 5 heteroatoms. The molecular formula is C45H87NO4. The molecule has 0 aromatic carbocycles. The summed E-state index contributed by atoms with van der Waals surface area (Å²) in [6, 6.07) is 0. The van der Waals surface area contributed by atoms with Crippen LogP contribution in [0.2, 0.25) is 0 Å². The highest BCUT2D eigenvalue weighted by molar-refractivity contribution is 5.69. The second kappa shape index (κ2) is 35.0. The average molecular weight is 706 g/mol. The third-order valence-corrected chi connectivity index (χ3v) is 11.2. The van der Waals surface area contributed by atoms with Gasteiger partial charge in [-0.05, 0) is 69.6 Å². The van der Waals surface area contributed by atoms with E-state index in [1.54, 1.807) is 0 Å². The lowest BCUT2D eigenvalue weighted by Crippen LogP contribution is -2.24. The van der Waals surface area contributed by atoms with E-state index < -0.39 is 0 Å². The Balaban J connectivity index is 2.29. The number of nitrogens with zero attached hydrogens (tertiary/aromatic N) is 1. The van der Waals surface area contributed by atoms with E-state index in [0.29, 0.717) is 31.0 Å². The van der Waals surface area contributed by atoms with Gasteiger partial charge in [-0.3, -0.25) is 4.79 Å². The number of esters is 1. The Morgan fingerprint density at radius 3 is 1.60 bits per heavy atom. The van der Waals surface area contributed by atoms with E-state index in [1.807, 2.05) is 0 Å². The molecule has 2 unspecified atom stereocenters. The SMILES string of the molecule is C=C(CCCCCC1CN(CCO)CC1CCCC(=O)OCCCCCCCCCCC)OC(CCCCCCCC)CCCCCCCC. The summed E-state index contributed by atoms with van der Waals surface area (Å²) in [6.45, 7) is 14.9. The van der Waals surface area contributed by atoms with Crippen molar-refractivity contribution in [2.75, 3.05) is 32.8 Å². The third-order valence-electron chi connectivity index (χ3n) is 11.2. The van der Waals surface area contributed by atoms with Crippen molar-refractivity contribution in [1.29, 1.82) is 0 Å². The summed E-state index contributed by atoms with van der Waals surface area (Å²) >= 11 is 0. The number of aliphatic hydroxyl groups is 1. The lowest BCUT2D eigenvalue weighted by atomic mass is 9.87. The molecule has 0 bridgehead atoms. The van der Waals surface area contributed by atoms with Crippen molar-refractivity contribution in [3.63, 3.8) is 0 Å². The number of hydrogen-bond acceptors (Lipinski definition) is 5. The molecule has 296 valence electrons. The van der Waals surface area contributed by atoms with E-state index >= 15 is 0 Å². The summed E-state index contributed by atoms with van der Waals surface area (Å²) in [4.78, 5) is 14.8. The predicted octanol–water partition coefficient (Wildman–Crippen LogP) is 13.1. The summed E-state index contributed by atoms with van der Waals surface area (Å²) in [5.74, 6) is 2.27. The van der Waals surface area contributed by atoms with E-state index in [4.69, 9.17) is 9.47 Å². The molecular weight excluding hydrogens is 618 g/mol. The number of carbonyl (C=O) groups is 1. The number of rotatable bonds is 38. The zero-order chi connectivity index (χ0) is 36.3. The van der Waals surface area contributed by atoms with Gasteiger partial charge in [-0.15, -0.1) is 0 Å². The summed E-state index contributed by atoms with van der Waals surface area (Å²) < 4.78 is 12.1. The van der Waals surface area contributed by atoms with Gasteiger partial charge < -0.3 is 19.5 Å². The van der Waals surface area contributed by atoms with Crippen molar-refractivity contribution in [2.45, 2.75) is 226 Å². The van der Waals surface area contributed by atoms with Crippen LogP contribution in [0.1, 0.15) is 220 Å². The maximum absolute atomic E-state index is 12.4. The first kappa shape index (κ1) is 47.0. The molecule has 1 saturated heterocycles. The zero-order valence-corrected chi connectivity index (χ0v) is 34.0. The van der Waals surface area contributed by atoms with Crippen LogP contribution in [0.25, 0.3) is 0 Å². The summed E-state index contributed by atoms with van der Waals surface area (Å²) in [5, 5.41) is 9.56. The first-order valence-corrected chi connectivity index (χ1v) is 22.4. The highest BCUT2D eigenvalue weighted by atomic mass is 16.5. The van der Waals surface area contributed by atoms with Gasteiger partial charge in [0.2, 0.25) is 0 Å². The molecule has 50 heavy (non-hydrogen) atoms. The molecule has 5 nitrogen and oxygen atoms in total. The topological polar surface area (TPSA) is 59.0 Å². The number of β-amino-alcohol motifs (C(OH)–C–C–N with tert-alkyl or cyclic N) is 1. The molecule has 2 atom stereocenters. The molecule has 1 heterocycles. The zero-order valence-electron chi connectivity index (χ0n) is 34.0. The van der Waals surface area contributed by atoms with E-state index in [9.17, 15) is 9.90 Å². The summed E-state index contributed by atoms with van der Waals surface area (Å²) in [6.07, 6.45) is 38.7. The van der Waals surface area contributed by atoms with Crippen LogP contribution in [-0.4, -0.2) is 54.9 Å². The minimum absolute atomic E-state index is 0.0186. The standard InChI is InChI=1S/C45H87NO4/c1-5-8-11-14-17-18-19-22-28-38-49-45(48)35-29-32-43-40-46(36-37-47)39-42(43)31-25-23-24-30-41(4)50-44(33-26-20-15-12-9-6-2)34-27-21-16-13-10-7-3/h42-44,47H,4-40H2,1-3H3. The Morgan fingerprint density at radius 2 is 1.08 bits per heavy atom. The van der Waals surface area contributed by atoms with Gasteiger partial charge in [-0.1, -0.05) is 156 Å². The first-order chi connectivity index (χ1) is 24.5. The Bertz CT molecular complexity index is 741. The van der Waals surface area contributed by atoms with Crippen LogP contribution in [0.3, 0.4) is 0 Å². The number of ether oxygens (including phenoxy) is 2. The van der Waals surface area contributed by atoms with Gasteiger partial charge in [-0.2, -0.15) is 0 Å². The van der Waals surface area contributed by atoms with Crippen LogP contribution in [0.4, 0.5) is 0 Å². The summed E-state index contributed by atoms with van der Waals surface area (Å²) in [5.41, 5.74) is 0. The van der Waals surface area contributed by atoms with Crippen molar-refractivity contribution < 1.29 is 19.4 Å². The van der Waals surface area contributed by atoms with E-state index in [-0.39, 0.29) is 12.6 Å². The van der Waals surface area contributed by atoms with Crippen LogP contribution in [0, 0.1) is 11.8 Å². The van der Waals surface area contributed by atoms with Crippen molar-refractivity contribution in [2.24, 2.45) is 11.8 Å². The van der Waals surface area contributed by atoms with Gasteiger partial charge in [0.25, 0.3) is 0 Å². The fourth-order valence-corrected chi connectivity index (χ4v) is 7.96. The number of likely N-dealkylation sites (tertiary alicyclic amines) is 1. The normalized spacial score (nSPS) is 16.4. The fraction of sp³-hybridized carbons (Fsp3) is 0.933. The molecule has 0 radical (unpaired) electrons. The van der Waals surface area contributed by atoms with Crippen LogP contribution < -0.4 is 0 Å². The largest absolute Gasteiger partial charge is 0.495 e. The molecule has 0 amide bonds. The Labute approximate surface area is 312 Å². The van der Waals surface area contributed by atoms with Gasteiger partial charge in [0.15, 0.2) is 0 Å². The van der Waals surface area contributed by atoms with Gasteiger partial charge in [0.1, 0.15) is 0 Å². The molecule has 0 aromatic heterocycles. The van der Waals surface area contributed by atoms with Gasteiger partial charge in [-0.25, -0.2) is 0 Å². The monoisotopic (exact) mass is 706 g/mol. The van der Waals surface area contributed by atoms with Crippen LogP contribution in [-0.2, 0) is 14.3 Å². The predicted molar refractivity (Wildman–Crippen MR) is 216 cm³/mol. The molecule has 1 N–H and O–H groups in total. The quantitative estimate of drug-likeness (QED) is 0.0394. The van der Waals surface area contributed by atoms with Crippen LogP contribution in [0.15, 0.2) is 12.3 Å². The first-order valence-electron chi connectivity index (χ1n) is 22.4. The molecule has 0 spiro atoms. The number of unbranched alkanes of at least 4 members (excludes halogenated alkanes) is 20. The summed E-state index contributed by atoms with van der Waals surface area (Å²) in [7, 11) is 0.